The lowest BCUT2D eigenvalue weighted by atomic mass is 10.3. The van der Waals surface area contributed by atoms with E-state index in [-0.39, 0.29) is 36.3 Å². The van der Waals surface area contributed by atoms with Crippen molar-refractivity contribution in [3.8, 4) is 0 Å². The number of rotatable bonds is 7. The number of benzene rings is 1. The Labute approximate surface area is 155 Å². The van der Waals surface area contributed by atoms with Crippen LogP contribution in [-0.4, -0.2) is 31.5 Å². The number of nitrogens with two attached hydrogens (primary N) is 1. The third kappa shape index (κ3) is 4.99. The van der Waals surface area contributed by atoms with Crippen LogP contribution in [0.5, 0.6) is 0 Å². The summed E-state index contributed by atoms with van der Waals surface area (Å²) in [5.41, 5.74) is 0.676. The van der Waals surface area contributed by atoms with Crippen molar-refractivity contribution in [1.29, 1.82) is 0 Å². The van der Waals surface area contributed by atoms with E-state index in [4.69, 9.17) is 9.88 Å². The van der Waals surface area contributed by atoms with Crippen LogP contribution in [0, 0.1) is 0 Å². The molecule has 0 aliphatic rings. The standard InChI is InChI=1S/C16H21N3O5S2/c1-3-5-14(20)18-16-19(9-8-15(21)24-4-2)12-7-6-11(26(17,22)23)10-13(12)25-16/h6-7,10H,3-5,8-9H2,1-2H3,(H2,17,22,23). The topological polar surface area (TPSA) is 121 Å². The molecule has 2 N–H and O–H groups in total. The first-order valence-electron chi connectivity index (χ1n) is 8.15. The number of aryl methyl sites for hydroxylation is 1. The summed E-state index contributed by atoms with van der Waals surface area (Å²) >= 11 is 1.18. The lowest BCUT2D eigenvalue weighted by Crippen LogP contribution is -2.19. The molecule has 0 saturated carbocycles. The number of aromatic nitrogens is 1. The quantitative estimate of drug-likeness (QED) is 0.708. The van der Waals surface area contributed by atoms with Gasteiger partial charge in [0.05, 0.1) is 28.1 Å². The molecule has 10 heteroatoms. The Kier molecular flexibility index (Phi) is 6.68. The van der Waals surface area contributed by atoms with Crippen LogP contribution in [0.3, 0.4) is 0 Å². The first kappa shape index (κ1) is 20.3. The van der Waals surface area contributed by atoms with Gasteiger partial charge in [0.1, 0.15) is 0 Å². The van der Waals surface area contributed by atoms with Gasteiger partial charge in [0, 0.05) is 13.0 Å². The minimum Gasteiger partial charge on any atom is -0.466 e. The molecule has 26 heavy (non-hydrogen) atoms. The first-order chi connectivity index (χ1) is 12.3. The highest BCUT2D eigenvalue weighted by Gasteiger charge is 2.14. The van der Waals surface area contributed by atoms with Crippen LogP contribution >= 0.6 is 11.3 Å². The lowest BCUT2D eigenvalue weighted by molar-refractivity contribution is -0.143. The van der Waals surface area contributed by atoms with Gasteiger partial charge in [-0.05, 0) is 31.5 Å². The molecule has 0 saturated heterocycles. The van der Waals surface area contributed by atoms with Crippen LogP contribution in [0.25, 0.3) is 10.2 Å². The molecule has 0 fully saturated rings. The molecular formula is C16H21N3O5S2. The minimum absolute atomic E-state index is 0.0183. The van der Waals surface area contributed by atoms with E-state index in [9.17, 15) is 18.0 Å². The van der Waals surface area contributed by atoms with Gasteiger partial charge < -0.3 is 9.30 Å². The van der Waals surface area contributed by atoms with E-state index in [0.29, 0.717) is 27.9 Å². The number of carbonyl (C=O) groups excluding carboxylic acids is 2. The number of fused-ring (bicyclic) bond motifs is 1. The Morgan fingerprint density at radius 1 is 1.27 bits per heavy atom. The van der Waals surface area contributed by atoms with Crippen LogP contribution in [0.1, 0.15) is 33.1 Å². The molecule has 142 valence electrons. The van der Waals surface area contributed by atoms with E-state index in [1.165, 1.54) is 23.5 Å². The second kappa shape index (κ2) is 8.56. The summed E-state index contributed by atoms with van der Waals surface area (Å²) in [7, 11) is -3.84. The Balaban J connectivity index is 2.53. The number of hydrogen-bond acceptors (Lipinski definition) is 6. The number of esters is 1. The number of amides is 1. The Morgan fingerprint density at radius 2 is 2.00 bits per heavy atom. The normalized spacial score (nSPS) is 12.5. The zero-order valence-electron chi connectivity index (χ0n) is 14.6. The van der Waals surface area contributed by atoms with E-state index in [1.807, 2.05) is 6.92 Å². The monoisotopic (exact) mass is 399 g/mol. The summed E-state index contributed by atoms with van der Waals surface area (Å²) in [6.45, 7) is 4.17. The van der Waals surface area contributed by atoms with Gasteiger partial charge in [-0.15, -0.1) is 0 Å². The highest BCUT2D eigenvalue weighted by Crippen LogP contribution is 2.21. The molecule has 0 spiro atoms. The summed E-state index contributed by atoms with van der Waals surface area (Å²) < 4.78 is 30.4. The maximum atomic E-state index is 11.9. The Hall–Kier alpha value is -2.04. The third-order valence-electron chi connectivity index (χ3n) is 3.51. The van der Waals surface area contributed by atoms with Gasteiger partial charge in [-0.3, -0.25) is 9.59 Å². The largest absolute Gasteiger partial charge is 0.466 e. The van der Waals surface area contributed by atoms with Crippen LogP contribution in [0.2, 0.25) is 0 Å². The van der Waals surface area contributed by atoms with Crippen molar-refractivity contribution < 1.29 is 22.7 Å². The molecule has 2 aromatic rings. The third-order valence-corrected chi connectivity index (χ3v) is 5.46. The molecular weight excluding hydrogens is 378 g/mol. The average Bonchev–Trinajstić information content (AvgIpc) is 2.88. The summed E-state index contributed by atoms with van der Waals surface area (Å²) in [6.07, 6.45) is 1.10. The molecule has 0 bridgehead atoms. The van der Waals surface area contributed by atoms with E-state index in [0.717, 1.165) is 0 Å². The van der Waals surface area contributed by atoms with Crippen molar-refractivity contribution in [3.63, 3.8) is 0 Å². The number of hydrogen-bond donors (Lipinski definition) is 1. The molecule has 0 aliphatic carbocycles. The lowest BCUT2D eigenvalue weighted by Gasteiger charge is -2.06. The van der Waals surface area contributed by atoms with Crippen LogP contribution < -0.4 is 9.94 Å². The van der Waals surface area contributed by atoms with Crippen LogP contribution in [0.4, 0.5) is 0 Å². The van der Waals surface area contributed by atoms with Gasteiger partial charge in [-0.2, -0.15) is 4.99 Å². The first-order valence-corrected chi connectivity index (χ1v) is 10.5. The van der Waals surface area contributed by atoms with Gasteiger partial charge in [0.25, 0.3) is 0 Å². The molecule has 1 heterocycles. The van der Waals surface area contributed by atoms with E-state index < -0.39 is 10.0 Å². The molecule has 1 aromatic carbocycles. The van der Waals surface area contributed by atoms with E-state index >= 15 is 0 Å². The zero-order chi connectivity index (χ0) is 19.3. The van der Waals surface area contributed by atoms with Crippen molar-refractivity contribution in [2.45, 2.75) is 44.6 Å². The second-order valence-corrected chi connectivity index (χ2v) is 8.09. The summed E-state index contributed by atoms with van der Waals surface area (Å²) in [5, 5.41) is 5.18. The fourth-order valence-electron chi connectivity index (χ4n) is 2.34. The fraction of sp³-hybridized carbons (Fsp3) is 0.438. The number of ether oxygens (including phenoxy) is 1. The number of carbonyl (C=O) groups is 2. The Bertz CT molecular complexity index is 989. The summed E-state index contributed by atoms with van der Waals surface area (Å²) in [4.78, 5) is 28.1. The molecule has 0 unspecified atom stereocenters. The van der Waals surface area contributed by atoms with E-state index in [1.54, 1.807) is 17.6 Å². The highest BCUT2D eigenvalue weighted by atomic mass is 32.2. The number of primary sulfonamides is 1. The molecule has 8 nitrogen and oxygen atoms in total. The molecule has 2 rings (SSSR count). The molecule has 0 atom stereocenters. The summed E-state index contributed by atoms with van der Waals surface area (Å²) in [5.74, 6) is -0.623. The van der Waals surface area contributed by atoms with Crippen LogP contribution in [-0.2, 0) is 30.9 Å². The van der Waals surface area contributed by atoms with Gasteiger partial charge in [0.15, 0.2) is 4.80 Å². The number of nitrogens with zero attached hydrogens (tertiary/aromatic N) is 2. The second-order valence-electron chi connectivity index (χ2n) is 5.52. The predicted octanol–water partition coefficient (Wildman–Crippen LogP) is 1.53. The van der Waals surface area contributed by atoms with Crippen molar-refractivity contribution in [3.05, 3.63) is 23.0 Å². The van der Waals surface area contributed by atoms with Crippen molar-refractivity contribution in [1.82, 2.24) is 4.57 Å². The summed E-state index contributed by atoms with van der Waals surface area (Å²) in [6, 6.07) is 4.43. The van der Waals surface area contributed by atoms with Gasteiger partial charge in [0.2, 0.25) is 15.9 Å². The Morgan fingerprint density at radius 3 is 2.62 bits per heavy atom. The van der Waals surface area contributed by atoms with Gasteiger partial charge in [-0.1, -0.05) is 18.3 Å². The smallest absolute Gasteiger partial charge is 0.307 e. The van der Waals surface area contributed by atoms with Gasteiger partial charge in [-0.25, -0.2) is 13.6 Å². The van der Waals surface area contributed by atoms with Crippen molar-refractivity contribution in [2.75, 3.05) is 6.61 Å². The maximum Gasteiger partial charge on any atom is 0.307 e. The fourth-order valence-corrected chi connectivity index (χ4v) is 4.07. The minimum atomic E-state index is -3.84. The van der Waals surface area contributed by atoms with E-state index in [2.05, 4.69) is 4.99 Å². The van der Waals surface area contributed by atoms with Gasteiger partial charge >= 0.3 is 5.97 Å². The maximum absolute atomic E-state index is 11.9. The molecule has 1 amide bonds. The average molecular weight is 399 g/mol. The predicted molar refractivity (Wildman–Crippen MR) is 97.9 cm³/mol. The number of sulfonamides is 1. The number of thiazole rings is 1. The zero-order valence-corrected chi connectivity index (χ0v) is 16.2. The molecule has 1 aromatic heterocycles. The van der Waals surface area contributed by atoms with Crippen LogP contribution in [0.15, 0.2) is 28.1 Å². The van der Waals surface area contributed by atoms with Crippen molar-refractivity contribution in [2.24, 2.45) is 10.1 Å². The molecule has 0 aliphatic heterocycles. The van der Waals surface area contributed by atoms with Crippen molar-refractivity contribution >= 4 is 43.5 Å². The highest BCUT2D eigenvalue weighted by molar-refractivity contribution is 7.89. The SMILES string of the molecule is CCCC(=O)N=c1sc2cc(S(N)(=O)=O)ccc2n1CCC(=O)OCC. The molecule has 0 radical (unpaired) electrons.